The predicted molar refractivity (Wildman–Crippen MR) is 86.8 cm³/mol. The summed E-state index contributed by atoms with van der Waals surface area (Å²) >= 11 is 0. The molecule has 0 aliphatic rings. The van der Waals surface area contributed by atoms with E-state index in [1.807, 2.05) is 12.1 Å². The molecule has 1 aromatic heterocycles. The Morgan fingerprint density at radius 2 is 1.86 bits per heavy atom. The van der Waals surface area contributed by atoms with Gasteiger partial charge in [-0.1, -0.05) is 36.4 Å². The highest BCUT2D eigenvalue weighted by molar-refractivity contribution is 5.89. The number of rotatable bonds is 4. The van der Waals surface area contributed by atoms with Crippen molar-refractivity contribution in [1.82, 2.24) is 4.98 Å². The molecule has 0 aliphatic heterocycles. The number of nitrogens with one attached hydrogen (secondary N) is 1. The van der Waals surface area contributed by atoms with Crippen molar-refractivity contribution in [2.75, 3.05) is 12.4 Å². The zero-order chi connectivity index (χ0) is 14.7. The summed E-state index contributed by atoms with van der Waals surface area (Å²) in [6, 6.07) is 18.9. The van der Waals surface area contributed by atoms with Crippen molar-refractivity contribution in [3.8, 4) is 5.88 Å². The monoisotopic (exact) mass is 278 g/mol. The maximum atomic E-state index is 5.33. The van der Waals surface area contributed by atoms with E-state index in [1.165, 1.54) is 5.56 Å². The first-order chi connectivity index (χ1) is 10.3. The first-order valence-corrected chi connectivity index (χ1v) is 7.02. The fourth-order valence-corrected chi connectivity index (χ4v) is 2.47. The number of nitrogens with zero attached hydrogens (tertiary/aromatic N) is 1. The summed E-state index contributed by atoms with van der Waals surface area (Å²) in [6.07, 6.45) is 1.76. The standard InChI is InChI=1S/C18H18N2O/c1-13(14-6-4-3-5-7-14)20-16-9-8-15-10-11-19-18(21-2)17(15)12-16/h3-13,20H,1-2H3. The summed E-state index contributed by atoms with van der Waals surface area (Å²) in [5, 5.41) is 5.66. The topological polar surface area (TPSA) is 34.1 Å². The second-order valence-electron chi connectivity index (χ2n) is 5.03. The molecular weight excluding hydrogens is 260 g/mol. The van der Waals surface area contributed by atoms with Gasteiger partial charge in [0, 0.05) is 23.3 Å². The molecule has 3 aromatic rings. The highest BCUT2D eigenvalue weighted by Gasteiger charge is 2.07. The van der Waals surface area contributed by atoms with E-state index in [0.29, 0.717) is 5.88 Å². The SMILES string of the molecule is COc1nccc2ccc(NC(C)c3ccccc3)cc12. The summed E-state index contributed by atoms with van der Waals surface area (Å²) < 4.78 is 5.33. The number of methoxy groups -OCH3 is 1. The number of benzene rings is 2. The van der Waals surface area contributed by atoms with E-state index in [4.69, 9.17) is 4.74 Å². The van der Waals surface area contributed by atoms with Crippen LogP contribution < -0.4 is 10.1 Å². The Morgan fingerprint density at radius 3 is 2.62 bits per heavy atom. The van der Waals surface area contributed by atoms with Crippen LogP contribution in [0.3, 0.4) is 0 Å². The van der Waals surface area contributed by atoms with Gasteiger partial charge in [-0.05, 0) is 36.1 Å². The van der Waals surface area contributed by atoms with Crippen molar-refractivity contribution in [1.29, 1.82) is 0 Å². The zero-order valence-electron chi connectivity index (χ0n) is 12.2. The lowest BCUT2D eigenvalue weighted by Gasteiger charge is -2.16. The third kappa shape index (κ3) is 2.82. The van der Waals surface area contributed by atoms with Gasteiger partial charge in [0.25, 0.3) is 0 Å². The maximum absolute atomic E-state index is 5.33. The first-order valence-electron chi connectivity index (χ1n) is 7.02. The molecule has 1 N–H and O–H groups in total. The smallest absolute Gasteiger partial charge is 0.221 e. The van der Waals surface area contributed by atoms with E-state index in [9.17, 15) is 0 Å². The summed E-state index contributed by atoms with van der Waals surface area (Å²) in [6.45, 7) is 2.15. The third-order valence-electron chi connectivity index (χ3n) is 3.61. The molecule has 3 nitrogen and oxygen atoms in total. The van der Waals surface area contributed by atoms with Crippen LogP contribution in [0.4, 0.5) is 5.69 Å². The lowest BCUT2D eigenvalue weighted by molar-refractivity contribution is 0.403. The van der Waals surface area contributed by atoms with Gasteiger partial charge in [0.05, 0.1) is 7.11 Å². The Labute approximate surface area is 124 Å². The normalized spacial score (nSPS) is 12.1. The summed E-state index contributed by atoms with van der Waals surface area (Å²) in [7, 11) is 1.65. The largest absolute Gasteiger partial charge is 0.481 e. The van der Waals surface area contributed by atoms with Crippen molar-refractivity contribution in [2.45, 2.75) is 13.0 Å². The summed E-state index contributed by atoms with van der Waals surface area (Å²) in [5.74, 6) is 0.656. The molecule has 21 heavy (non-hydrogen) atoms. The molecule has 0 fully saturated rings. The molecule has 0 amide bonds. The lowest BCUT2D eigenvalue weighted by atomic mass is 10.1. The molecule has 1 unspecified atom stereocenters. The molecule has 0 spiro atoms. The summed E-state index contributed by atoms with van der Waals surface area (Å²) in [5.41, 5.74) is 2.32. The van der Waals surface area contributed by atoms with Gasteiger partial charge in [-0.2, -0.15) is 0 Å². The fraction of sp³-hybridized carbons (Fsp3) is 0.167. The number of aromatic nitrogens is 1. The minimum absolute atomic E-state index is 0.242. The quantitative estimate of drug-likeness (QED) is 0.767. The highest BCUT2D eigenvalue weighted by atomic mass is 16.5. The minimum Gasteiger partial charge on any atom is -0.481 e. The molecule has 1 heterocycles. The Morgan fingerprint density at radius 1 is 1.05 bits per heavy atom. The number of hydrogen-bond acceptors (Lipinski definition) is 3. The van der Waals surface area contributed by atoms with Crippen molar-refractivity contribution in [2.24, 2.45) is 0 Å². The van der Waals surface area contributed by atoms with Crippen molar-refractivity contribution < 1.29 is 4.74 Å². The van der Waals surface area contributed by atoms with E-state index in [0.717, 1.165) is 16.5 Å². The van der Waals surface area contributed by atoms with Gasteiger partial charge in [0.15, 0.2) is 0 Å². The van der Waals surface area contributed by atoms with E-state index in [1.54, 1.807) is 13.3 Å². The Kier molecular flexibility index (Phi) is 3.73. The maximum Gasteiger partial charge on any atom is 0.221 e. The Balaban J connectivity index is 1.91. The Bertz CT molecular complexity index is 741. The highest BCUT2D eigenvalue weighted by Crippen LogP contribution is 2.27. The number of hydrogen-bond donors (Lipinski definition) is 1. The van der Waals surface area contributed by atoms with Crippen LogP contribution in [0.1, 0.15) is 18.5 Å². The molecule has 1 atom stereocenters. The van der Waals surface area contributed by atoms with Crippen molar-refractivity contribution in [3.63, 3.8) is 0 Å². The molecule has 3 heteroatoms. The summed E-state index contributed by atoms with van der Waals surface area (Å²) in [4.78, 5) is 4.25. The van der Waals surface area contributed by atoms with E-state index in [2.05, 4.69) is 59.7 Å². The lowest BCUT2D eigenvalue weighted by Crippen LogP contribution is -2.06. The van der Waals surface area contributed by atoms with Crippen LogP contribution in [0.5, 0.6) is 5.88 Å². The molecule has 0 saturated carbocycles. The molecule has 0 aliphatic carbocycles. The van der Waals surface area contributed by atoms with Crippen molar-refractivity contribution >= 4 is 16.5 Å². The molecular formula is C18H18N2O. The predicted octanol–water partition coefficient (Wildman–Crippen LogP) is 4.42. The van der Waals surface area contributed by atoms with Gasteiger partial charge < -0.3 is 10.1 Å². The fourth-order valence-electron chi connectivity index (χ4n) is 2.47. The van der Waals surface area contributed by atoms with Crippen LogP contribution in [0, 0.1) is 0 Å². The van der Waals surface area contributed by atoms with Crippen LogP contribution in [0.15, 0.2) is 60.8 Å². The van der Waals surface area contributed by atoms with Gasteiger partial charge in [-0.3, -0.25) is 0 Å². The van der Waals surface area contributed by atoms with Crippen LogP contribution in [-0.2, 0) is 0 Å². The van der Waals surface area contributed by atoms with Gasteiger partial charge >= 0.3 is 0 Å². The van der Waals surface area contributed by atoms with E-state index < -0.39 is 0 Å². The third-order valence-corrected chi connectivity index (χ3v) is 3.61. The molecule has 2 aromatic carbocycles. The molecule has 0 bridgehead atoms. The van der Waals surface area contributed by atoms with Gasteiger partial charge in [-0.25, -0.2) is 4.98 Å². The first kappa shape index (κ1) is 13.4. The number of ether oxygens (including phenoxy) is 1. The Hall–Kier alpha value is -2.55. The van der Waals surface area contributed by atoms with Gasteiger partial charge in [-0.15, -0.1) is 0 Å². The van der Waals surface area contributed by atoms with Crippen LogP contribution in [-0.4, -0.2) is 12.1 Å². The van der Waals surface area contributed by atoms with Gasteiger partial charge in [0.1, 0.15) is 0 Å². The van der Waals surface area contributed by atoms with E-state index >= 15 is 0 Å². The zero-order valence-corrected chi connectivity index (χ0v) is 12.2. The minimum atomic E-state index is 0.242. The second-order valence-corrected chi connectivity index (χ2v) is 5.03. The number of pyridine rings is 1. The average molecular weight is 278 g/mol. The van der Waals surface area contributed by atoms with Crippen molar-refractivity contribution in [3.05, 3.63) is 66.4 Å². The number of fused-ring (bicyclic) bond motifs is 1. The van der Waals surface area contributed by atoms with Crippen LogP contribution in [0.2, 0.25) is 0 Å². The molecule has 0 radical (unpaired) electrons. The van der Waals surface area contributed by atoms with Crippen LogP contribution in [0.25, 0.3) is 10.8 Å². The van der Waals surface area contributed by atoms with Crippen LogP contribution >= 0.6 is 0 Å². The second kappa shape index (κ2) is 5.83. The van der Waals surface area contributed by atoms with E-state index in [-0.39, 0.29) is 6.04 Å². The molecule has 0 saturated heterocycles. The van der Waals surface area contributed by atoms with Gasteiger partial charge in [0.2, 0.25) is 5.88 Å². The molecule has 106 valence electrons. The molecule has 3 rings (SSSR count). The average Bonchev–Trinajstić information content (AvgIpc) is 2.55. The number of anilines is 1.